The van der Waals surface area contributed by atoms with Crippen molar-refractivity contribution in [1.82, 2.24) is 5.32 Å². The Bertz CT molecular complexity index is 400. The van der Waals surface area contributed by atoms with Gasteiger partial charge in [0.2, 0.25) is 0 Å². The van der Waals surface area contributed by atoms with Crippen molar-refractivity contribution in [1.29, 1.82) is 0 Å². The minimum absolute atomic E-state index is 0.0490. The number of rotatable bonds is 7. The minimum Gasteiger partial charge on any atom is -0.394 e. The zero-order valence-corrected chi connectivity index (χ0v) is 11.3. The van der Waals surface area contributed by atoms with Crippen molar-refractivity contribution < 1.29 is 19.0 Å². The summed E-state index contributed by atoms with van der Waals surface area (Å²) in [5.41, 5.74) is -0.426. The summed E-state index contributed by atoms with van der Waals surface area (Å²) < 4.78 is 26.3. The van der Waals surface area contributed by atoms with E-state index in [1.165, 1.54) is 6.07 Å². The van der Waals surface area contributed by atoms with Gasteiger partial charge in [0.1, 0.15) is 11.6 Å². The van der Waals surface area contributed by atoms with Crippen LogP contribution in [0, 0.1) is 11.6 Å². The average molecular weight is 273 g/mol. The smallest absolute Gasteiger partial charge is 0.131 e. The molecule has 0 bridgehead atoms. The lowest BCUT2D eigenvalue weighted by Crippen LogP contribution is -2.49. The normalized spacial score (nSPS) is 13.6. The van der Waals surface area contributed by atoms with E-state index in [1.54, 1.807) is 0 Å². The van der Waals surface area contributed by atoms with Crippen LogP contribution in [0.5, 0.6) is 0 Å². The molecule has 0 saturated heterocycles. The van der Waals surface area contributed by atoms with Crippen LogP contribution < -0.4 is 5.32 Å². The van der Waals surface area contributed by atoms with Crippen molar-refractivity contribution in [2.24, 2.45) is 0 Å². The molecule has 0 aromatic heterocycles. The summed E-state index contributed by atoms with van der Waals surface area (Å²) in [6.45, 7) is 3.90. The summed E-state index contributed by atoms with van der Waals surface area (Å²) in [5.74, 6) is -1.44. The summed E-state index contributed by atoms with van der Waals surface area (Å²) in [6.07, 6.45) is 0.307. The first-order valence-corrected chi connectivity index (χ1v) is 6.47. The number of benzene rings is 1. The summed E-state index contributed by atoms with van der Waals surface area (Å²) in [5, 5.41) is 22.4. The van der Waals surface area contributed by atoms with Crippen LogP contribution in [0.3, 0.4) is 0 Å². The fraction of sp³-hybridized carbons (Fsp3) is 0.571. The van der Waals surface area contributed by atoms with E-state index >= 15 is 0 Å². The average Bonchev–Trinajstić information content (AvgIpc) is 2.40. The molecule has 1 aromatic carbocycles. The zero-order valence-electron chi connectivity index (χ0n) is 11.3. The van der Waals surface area contributed by atoms with Crippen LogP contribution in [0.4, 0.5) is 8.78 Å². The molecule has 0 heterocycles. The number of aliphatic hydroxyl groups is 2. The molecule has 0 spiro atoms. The quantitative estimate of drug-likeness (QED) is 0.713. The molecule has 0 fully saturated rings. The second kappa shape index (κ2) is 6.93. The summed E-state index contributed by atoms with van der Waals surface area (Å²) in [7, 11) is 0. The third kappa shape index (κ3) is 3.96. The molecule has 0 amide bonds. The zero-order chi connectivity index (χ0) is 14.5. The van der Waals surface area contributed by atoms with Gasteiger partial charge in [-0.1, -0.05) is 19.9 Å². The van der Waals surface area contributed by atoms with Gasteiger partial charge in [-0.05, 0) is 18.9 Å². The highest BCUT2D eigenvalue weighted by molar-refractivity contribution is 5.21. The van der Waals surface area contributed by atoms with Gasteiger partial charge in [0.25, 0.3) is 0 Å². The molecule has 0 radical (unpaired) electrons. The lowest BCUT2D eigenvalue weighted by Gasteiger charge is -2.32. The molecule has 3 N–H and O–H groups in total. The maximum absolute atomic E-state index is 13.5. The number of nitrogens with one attached hydrogen (secondary N) is 1. The molecule has 0 aliphatic heterocycles. The number of β-amino-alcohol motifs (C(OH)–C–C–N with tert-alkyl or cyclic N) is 1. The van der Waals surface area contributed by atoms with Gasteiger partial charge >= 0.3 is 0 Å². The molecule has 1 rings (SSSR count). The summed E-state index contributed by atoms with van der Waals surface area (Å²) in [4.78, 5) is 0. The van der Waals surface area contributed by atoms with E-state index < -0.39 is 23.3 Å². The van der Waals surface area contributed by atoms with Crippen LogP contribution in [-0.4, -0.2) is 28.9 Å². The van der Waals surface area contributed by atoms with E-state index in [1.807, 2.05) is 13.8 Å². The van der Waals surface area contributed by atoms with E-state index in [2.05, 4.69) is 5.32 Å². The van der Waals surface area contributed by atoms with Gasteiger partial charge in [0.05, 0.1) is 12.7 Å². The van der Waals surface area contributed by atoms with Crippen molar-refractivity contribution in [3.8, 4) is 0 Å². The lowest BCUT2D eigenvalue weighted by molar-refractivity contribution is 0.113. The molecule has 3 nitrogen and oxygen atoms in total. The molecule has 19 heavy (non-hydrogen) atoms. The van der Waals surface area contributed by atoms with Gasteiger partial charge in [-0.25, -0.2) is 8.78 Å². The highest BCUT2D eigenvalue weighted by atomic mass is 19.1. The Morgan fingerprint density at radius 3 is 2.37 bits per heavy atom. The van der Waals surface area contributed by atoms with Gasteiger partial charge in [0.15, 0.2) is 0 Å². The second-order valence-electron chi connectivity index (χ2n) is 4.71. The SMILES string of the molecule is CCC(CC)(CO)NCC(O)c1ccc(F)cc1F. The summed E-state index contributed by atoms with van der Waals surface area (Å²) in [6, 6.07) is 3.09. The van der Waals surface area contributed by atoms with Crippen molar-refractivity contribution in [2.45, 2.75) is 38.3 Å². The highest BCUT2D eigenvalue weighted by Crippen LogP contribution is 2.20. The Morgan fingerprint density at radius 2 is 1.89 bits per heavy atom. The second-order valence-corrected chi connectivity index (χ2v) is 4.71. The number of aliphatic hydroxyl groups excluding tert-OH is 2. The van der Waals surface area contributed by atoms with E-state index in [9.17, 15) is 19.0 Å². The van der Waals surface area contributed by atoms with Crippen LogP contribution in [0.15, 0.2) is 18.2 Å². The van der Waals surface area contributed by atoms with E-state index in [-0.39, 0.29) is 18.7 Å². The number of hydrogen-bond donors (Lipinski definition) is 3. The van der Waals surface area contributed by atoms with Crippen LogP contribution >= 0.6 is 0 Å². The van der Waals surface area contributed by atoms with Crippen molar-refractivity contribution >= 4 is 0 Å². The molecule has 108 valence electrons. The first-order valence-electron chi connectivity index (χ1n) is 6.47. The molecule has 0 aliphatic carbocycles. The molecule has 5 heteroatoms. The monoisotopic (exact) mass is 273 g/mol. The van der Waals surface area contributed by atoms with Gasteiger partial charge < -0.3 is 15.5 Å². The van der Waals surface area contributed by atoms with Crippen LogP contribution in [0.25, 0.3) is 0 Å². The van der Waals surface area contributed by atoms with Crippen molar-refractivity contribution in [3.05, 3.63) is 35.4 Å². The summed E-state index contributed by atoms with van der Waals surface area (Å²) >= 11 is 0. The topological polar surface area (TPSA) is 52.5 Å². The predicted octanol–water partition coefficient (Wildman–Crippen LogP) is 2.14. The van der Waals surface area contributed by atoms with Crippen LogP contribution in [0.1, 0.15) is 38.4 Å². The maximum Gasteiger partial charge on any atom is 0.131 e. The molecular weight excluding hydrogens is 252 g/mol. The molecule has 1 atom stereocenters. The Kier molecular flexibility index (Phi) is 5.85. The lowest BCUT2D eigenvalue weighted by atomic mass is 9.93. The first kappa shape index (κ1) is 16.0. The Hall–Kier alpha value is -1.04. The largest absolute Gasteiger partial charge is 0.394 e. The Morgan fingerprint density at radius 1 is 1.26 bits per heavy atom. The fourth-order valence-electron chi connectivity index (χ4n) is 1.97. The van der Waals surface area contributed by atoms with E-state index in [0.29, 0.717) is 12.8 Å². The fourth-order valence-corrected chi connectivity index (χ4v) is 1.97. The van der Waals surface area contributed by atoms with Gasteiger partial charge in [-0.3, -0.25) is 0 Å². The standard InChI is InChI=1S/C14H21F2NO2/c1-3-14(4-2,9-18)17-8-13(19)11-6-5-10(15)7-12(11)16/h5-7,13,17-19H,3-4,8-9H2,1-2H3. The molecule has 1 unspecified atom stereocenters. The van der Waals surface area contributed by atoms with Crippen molar-refractivity contribution in [2.75, 3.05) is 13.2 Å². The molecule has 0 aliphatic rings. The molecular formula is C14H21F2NO2. The van der Waals surface area contributed by atoms with Gasteiger partial charge in [0, 0.05) is 23.7 Å². The predicted molar refractivity (Wildman–Crippen MR) is 69.7 cm³/mol. The molecule has 0 saturated carbocycles. The van der Waals surface area contributed by atoms with Crippen LogP contribution in [-0.2, 0) is 0 Å². The number of halogens is 2. The molecule has 1 aromatic rings. The third-order valence-electron chi connectivity index (χ3n) is 3.65. The van der Waals surface area contributed by atoms with Gasteiger partial charge in [-0.2, -0.15) is 0 Å². The van der Waals surface area contributed by atoms with E-state index in [4.69, 9.17) is 0 Å². The van der Waals surface area contributed by atoms with Gasteiger partial charge in [-0.15, -0.1) is 0 Å². The maximum atomic E-state index is 13.5. The van der Waals surface area contributed by atoms with Crippen LogP contribution in [0.2, 0.25) is 0 Å². The minimum atomic E-state index is -1.08. The third-order valence-corrected chi connectivity index (χ3v) is 3.65. The Balaban J connectivity index is 2.72. The van der Waals surface area contributed by atoms with Crippen molar-refractivity contribution in [3.63, 3.8) is 0 Å². The van der Waals surface area contributed by atoms with E-state index in [0.717, 1.165) is 12.1 Å². The Labute approximate surface area is 112 Å². The number of hydrogen-bond acceptors (Lipinski definition) is 3. The first-order chi connectivity index (χ1) is 8.98. The highest BCUT2D eigenvalue weighted by Gasteiger charge is 2.26.